The van der Waals surface area contributed by atoms with Gasteiger partial charge in [0.15, 0.2) is 5.82 Å². The number of aryl methyl sites for hydroxylation is 2. The monoisotopic (exact) mass is 445 g/mol. The molecule has 1 amide bonds. The van der Waals surface area contributed by atoms with Crippen LogP contribution in [0.3, 0.4) is 0 Å². The zero-order valence-electron chi connectivity index (χ0n) is 17.1. The lowest BCUT2D eigenvalue weighted by Crippen LogP contribution is -2.28. The molecule has 0 atom stereocenters. The highest BCUT2D eigenvalue weighted by atomic mass is 32.2. The van der Waals surface area contributed by atoms with E-state index in [1.54, 1.807) is 23.1 Å². The van der Waals surface area contributed by atoms with Crippen LogP contribution in [0, 0.1) is 5.82 Å². The first-order valence-electron chi connectivity index (χ1n) is 10.2. The van der Waals surface area contributed by atoms with Gasteiger partial charge < -0.3 is 5.84 Å². The molecule has 3 aromatic carbocycles. The molecule has 0 spiro atoms. The molecule has 0 unspecified atom stereocenters. The summed E-state index contributed by atoms with van der Waals surface area (Å²) in [5.74, 6) is 5.92. The van der Waals surface area contributed by atoms with Crippen molar-refractivity contribution in [2.75, 3.05) is 16.5 Å². The number of hydrogen-bond donors (Lipinski definition) is 1. The number of carbonyl (C=O) groups excluding carboxylic acids is 1. The van der Waals surface area contributed by atoms with Crippen LogP contribution in [-0.4, -0.2) is 26.5 Å². The van der Waals surface area contributed by atoms with Gasteiger partial charge in [0, 0.05) is 0 Å². The molecule has 32 heavy (non-hydrogen) atoms. The van der Waals surface area contributed by atoms with Gasteiger partial charge in [-0.2, -0.15) is 0 Å². The molecule has 4 aromatic rings. The quantitative estimate of drug-likeness (QED) is 0.373. The molecule has 6 nitrogen and oxygen atoms in total. The van der Waals surface area contributed by atoms with Crippen LogP contribution in [0.15, 0.2) is 78.0 Å². The summed E-state index contributed by atoms with van der Waals surface area (Å²) in [5.41, 5.74) is 4.31. The molecule has 2 N–H and O–H groups in total. The first kappa shape index (κ1) is 20.3. The molecule has 0 saturated heterocycles. The lowest BCUT2D eigenvalue weighted by Gasteiger charge is -2.24. The number of thioether (sulfide) groups is 1. The van der Waals surface area contributed by atoms with E-state index < -0.39 is 5.82 Å². The third-order valence-corrected chi connectivity index (χ3v) is 6.41. The van der Waals surface area contributed by atoms with Crippen molar-refractivity contribution in [1.82, 2.24) is 14.9 Å². The second-order valence-electron chi connectivity index (χ2n) is 7.43. The van der Waals surface area contributed by atoms with Gasteiger partial charge in [0.25, 0.3) is 0 Å². The Balaban J connectivity index is 1.43. The van der Waals surface area contributed by atoms with Gasteiger partial charge in [0.1, 0.15) is 5.82 Å². The van der Waals surface area contributed by atoms with Crippen LogP contribution in [0.1, 0.15) is 11.1 Å². The number of anilines is 2. The predicted octanol–water partition coefficient (Wildman–Crippen LogP) is 4.35. The number of amides is 1. The Morgan fingerprint density at radius 2 is 1.50 bits per heavy atom. The van der Waals surface area contributed by atoms with Crippen LogP contribution < -0.4 is 10.7 Å². The standard InChI is InChI=1S/C24H20FN5OS/c25-19-10-4-3-9-18(19)23-27-28-24(30(23)26)32-15-22(31)29-20-11-5-1-7-16(20)13-14-17-8-2-6-12-21(17)29/h1-12H,13-15,26H2. The molecule has 2 heterocycles. The van der Waals surface area contributed by atoms with Crippen LogP contribution in [0.4, 0.5) is 15.8 Å². The fourth-order valence-electron chi connectivity index (χ4n) is 3.94. The summed E-state index contributed by atoms with van der Waals surface area (Å²) in [7, 11) is 0. The Hall–Kier alpha value is -3.65. The number of hydrogen-bond acceptors (Lipinski definition) is 5. The van der Waals surface area contributed by atoms with Crippen LogP contribution in [-0.2, 0) is 17.6 Å². The molecule has 1 aromatic heterocycles. The van der Waals surface area contributed by atoms with E-state index in [9.17, 15) is 9.18 Å². The number of benzene rings is 3. The number of fused-ring (bicyclic) bond motifs is 2. The van der Waals surface area contributed by atoms with E-state index in [0.29, 0.717) is 5.16 Å². The highest BCUT2D eigenvalue weighted by Crippen LogP contribution is 2.36. The molecule has 8 heteroatoms. The highest BCUT2D eigenvalue weighted by molar-refractivity contribution is 7.99. The van der Waals surface area contributed by atoms with Gasteiger partial charge in [-0.25, -0.2) is 9.07 Å². The minimum atomic E-state index is -0.433. The molecule has 5 rings (SSSR count). The molecule has 160 valence electrons. The van der Waals surface area contributed by atoms with Gasteiger partial charge in [0.05, 0.1) is 22.7 Å². The molecule has 0 saturated carbocycles. The number of carbonyl (C=O) groups is 1. The first-order valence-corrected chi connectivity index (χ1v) is 11.2. The van der Waals surface area contributed by atoms with Crippen molar-refractivity contribution in [1.29, 1.82) is 0 Å². The maximum atomic E-state index is 14.1. The molecule has 1 aliphatic heterocycles. The molecule has 0 aliphatic carbocycles. The Kier molecular flexibility index (Phi) is 5.36. The first-order chi connectivity index (χ1) is 15.6. The van der Waals surface area contributed by atoms with Gasteiger partial charge >= 0.3 is 0 Å². The summed E-state index contributed by atoms with van der Waals surface area (Å²) < 4.78 is 15.4. The minimum Gasteiger partial charge on any atom is -0.335 e. The number of aromatic nitrogens is 3. The average Bonchev–Trinajstić information content (AvgIpc) is 3.08. The summed E-state index contributed by atoms with van der Waals surface area (Å²) in [4.78, 5) is 15.2. The van der Waals surface area contributed by atoms with E-state index in [1.165, 1.54) is 22.5 Å². The summed E-state index contributed by atoms with van der Waals surface area (Å²) in [6, 6.07) is 22.2. The van der Waals surface area contributed by atoms with Crippen LogP contribution in [0.5, 0.6) is 0 Å². The van der Waals surface area contributed by atoms with Crippen molar-refractivity contribution in [3.8, 4) is 11.4 Å². The van der Waals surface area contributed by atoms with Crippen molar-refractivity contribution in [3.63, 3.8) is 0 Å². The summed E-state index contributed by atoms with van der Waals surface area (Å²) in [5, 5.41) is 8.44. The number of halogens is 1. The maximum Gasteiger partial charge on any atom is 0.242 e. The Labute approximate surface area is 188 Å². The lowest BCUT2D eigenvalue weighted by molar-refractivity contribution is -0.115. The fourth-order valence-corrected chi connectivity index (χ4v) is 4.65. The van der Waals surface area contributed by atoms with Crippen LogP contribution in [0.25, 0.3) is 11.4 Å². The van der Waals surface area contributed by atoms with E-state index in [0.717, 1.165) is 35.3 Å². The van der Waals surface area contributed by atoms with Crippen LogP contribution in [0.2, 0.25) is 0 Å². The zero-order valence-corrected chi connectivity index (χ0v) is 17.9. The zero-order chi connectivity index (χ0) is 22.1. The third kappa shape index (κ3) is 3.62. The molecule has 0 bridgehead atoms. The van der Waals surface area contributed by atoms with E-state index >= 15 is 0 Å². The lowest BCUT2D eigenvalue weighted by atomic mass is 10.0. The van der Waals surface area contributed by atoms with E-state index in [4.69, 9.17) is 5.84 Å². The van der Waals surface area contributed by atoms with Crippen molar-refractivity contribution in [2.45, 2.75) is 18.0 Å². The topological polar surface area (TPSA) is 77.0 Å². The number of nitrogens with two attached hydrogens (primary N) is 1. The summed E-state index contributed by atoms with van der Waals surface area (Å²) >= 11 is 1.18. The molecule has 1 aliphatic rings. The third-order valence-electron chi connectivity index (χ3n) is 5.48. The number of nitrogens with zero attached hydrogens (tertiary/aromatic N) is 4. The highest BCUT2D eigenvalue weighted by Gasteiger charge is 2.26. The van der Waals surface area contributed by atoms with Crippen molar-refractivity contribution in [3.05, 3.63) is 89.7 Å². The van der Waals surface area contributed by atoms with Crippen molar-refractivity contribution < 1.29 is 9.18 Å². The van der Waals surface area contributed by atoms with E-state index in [-0.39, 0.29) is 23.0 Å². The van der Waals surface area contributed by atoms with Crippen molar-refractivity contribution >= 4 is 29.0 Å². The van der Waals surface area contributed by atoms with Gasteiger partial charge in [-0.05, 0) is 48.2 Å². The van der Waals surface area contributed by atoms with Gasteiger partial charge in [-0.3, -0.25) is 9.69 Å². The fraction of sp³-hybridized carbons (Fsp3) is 0.125. The second-order valence-corrected chi connectivity index (χ2v) is 8.37. The van der Waals surface area contributed by atoms with E-state index in [2.05, 4.69) is 22.3 Å². The van der Waals surface area contributed by atoms with Crippen molar-refractivity contribution in [2.24, 2.45) is 0 Å². The SMILES string of the molecule is Nn1c(SCC(=O)N2c3ccccc3CCc3ccccc32)nnc1-c1ccccc1F. The average molecular weight is 446 g/mol. The normalized spacial score (nSPS) is 12.7. The smallest absolute Gasteiger partial charge is 0.242 e. The molecular formula is C24H20FN5OS. The van der Waals surface area contributed by atoms with E-state index in [1.807, 2.05) is 36.4 Å². The number of rotatable bonds is 4. The number of para-hydroxylation sites is 2. The molecule has 0 radical (unpaired) electrons. The minimum absolute atomic E-state index is 0.0905. The molecule has 0 fully saturated rings. The van der Waals surface area contributed by atoms with Gasteiger partial charge in [-0.15, -0.1) is 10.2 Å². The van der Waals surface area contributed by atoms with Crippen LogP contribution >= 0.6 is 11.8 Å². The maximum absolute atomic E-state index is 14.1. The Morgan fingerprint density at radius 1 is 0.906 bits per heavy atom. The number of nitrogen functional groups attached to an aromatic ring is 1. The Bertz CT molecular complexity index is 1260. The largest absolute Gasteiger partial charge is 0.335 e. The predicted molar refractivity (Wildman–Crippen MR) is 124 cm³/mol. The van der Waals surface area contributed by atoms with Gasteiger partial charge in [0.2, 0.25) is 11.1 Å². The Morgan fingerprint density at radius 3 is 2.16 bits per heavy atom. The second kappa shape index (κ2) is 8.47. The van der Waals surface area contributed by atoms with Gasteiger partial charge in [-0.1, -0.05) is 60.3 Å². The summed E-state index contributed by atoms with van der Waals surface area (Å²) in [6.07, 6.45) is 1.74. The summed E-state index contributed by atoms with van der Waals surface area (Å²) in [6.45, 7) is 0. The molecular weight excluding hydrogens is 425 g/mol.